The number of nitrogens with zero attached hydrogens (tertiary/aromatic N) is 5. The van der Waals surface area contributed by atoms with E-state index in [4.69, 9.17) is 0 Å². The number of fused-ring (bicyclic) bond motifs is 1. The fraction of sp³-hybridized carbons (Fsp3) is 0.350. The standard InChI is InChI=1S/C20H24N8O2/c1-11-7-12(2)23-15(8-11)25-16-9-17(21-3)28-18(26-16)13(10-22-28)19(29)24-14-5-6-27(4)20(14)30/h7-10,14,21H,5-6H2,1-4H3,(H,24,29)(H,23,25,26)/t14-/m1/s1. The summed E-state index contributed by atoms with van der Waals surface area (Å²) in [6, 6.07) is 5.17. The van der Waals surface area contributed by atoms with Crippen LogP contribution < -0.4 is 16.0 Å². The molecule has 0 saturated carbocycles. The van der Waals surface area contributed by atoms with Crippen molar-refractivity contribution in [3.63, 3.8) is 0 Å². The highest BCUT2D eigenvalue weighted by atomic mass is 16.2. The topological polar surface area (TPSA) is 117 Å². The zero-order chi connectivity index (χ0) is 21.4. The van der Waals surface area contributed by atoms with Crippen LogP contribution in [0.3, 0.4) is 0 Å². The van der Waals surface area contributed by atoms with Gasteiger partial charge >= 0.3 is 0 Å². The largest absolute Gasteiger partial charge is 0.373 e. The first kappa shape index (κ1) is 19.6. The molecule has 1 aliphatic rings. The summed E-state index contributed by atoms with van der Waals surface area (Å²) in [4.78, 5) is 35.7. The van der Waals surface area contributed by atoms with Gasteiger partial charge in [0.25, 0.3) is 5.91 Å². The van der Waals surface area contributed by atoms with Gasteiger partial charge in [0.1, 0.15) is 29.1 Å². The number of anilines is 3. The predicted molar refractivity (Wildman–Crippen MR) is 113 cm³/mol. The van der Waals surface area contributed by atoms with Gasteiger partial charge in [0.2, 0.25) is 5.91 Å². The molecule has 0 radical (unpaired) electrons. The van der Waals surface area contributed by atoms with Gasteiger partial charge in [-0.15, -0.1) is 0 Å². The fourth-order valence-corrected chi connectivity index (χ4v) is 3.59. The molecule has 156 valence electrons. The molecule has 3 aromatic rings. The fourth-order valence-electron chi connectivity index (χ4n) is 3.59. The maximum absolute atomic E-state index is 12.9. The third kappa shape index (κ3) is 3.63. The molecule has 0 spiro atoms. The SMILES string of the molecule is CNc1cc(Nc2cc(C)cc(C)n2)nc2c(C(=O)N[C@@H]3CCN(C)C3=O)cnn12. The highest BCUT2D eigenvalue weighted by molar-refractivity contribution is 6.02. The van der Waals surface area contributed by atoms with Gasteiger partial charge in [0, 0.05) is 32.4 Å². The van der Waals surface area contributed by atoms with E-state index in [1.807, 2.05) is 26.0 Å². The van der Waals surface area contributed by atoms with Gasteiger partial charge in [-0.3, -0.25) is 9.59 Å². The molecule has 4 heterocycles. The summed E-state index contributed by atoms with van der Waals surface area (Å²) in [6.45, 7) is 4.54. The van der Waals surface area contributed by atoms with Crippen LogP contribution >= 0.6 is 0 Å². The van der Waals surface area contributed by atoms with Crippen molar-refractivity contribution in [2.75, 3.05) is 31.3 Å². The number of pyridine rings is 1. The lowest BCUT2D eigenvalue weighted by atomic mass is 10.2. The Bertz CT molecular complexity index is 1120. The number of rotatable bonds is 5. The van der Waals surface area contributed by atoms with Gasteiger partial charge in [0.15, 0.2) is 5.65 Å². The average Bonchev–Trinajstić information content (AvgIpc) is 3.25. The van der Waals surface area contributed by atoms with Crippen LogP contribution in [0, 0.1) is 13.8 Å². The molecule has 1 fully saturated rings. The van der Waals surface area contributed by atoms with Crippen LogP contribution in [-0.4, -0.2) is 63.0 Å². The Morgan fingerprint density at radius 1 is 1.17 bits per heavy atom. The first-order valence-corrected chi connectivity index (χ1v) is 9.70. The number of hydrogen-bond acceptors (Lipinski definition) is 7. The van der Waals surface area contributed by atoms with E-state index < -0.39 is 6.04 Å². The Balaban J connectivity index is 1.67. The average molecular weight is 408 g/mol. The van der Waals surface area contributed by atoms with E-state index in [1.54, 1.807) is 29.6 Å². The van der Waals surface area contributed by atoms with Gasteiger partial charge in [-0.2, -0.15) is 9.61 Å². The van der Waals surface area contributed by atoms with Crippen molar-refractivity contribution in [3.05, 3.63) is 41.2 Å². The second-order valence-electron chi connectivity index (χ2n) is 7.44. The van der Waals surface area contributed by atoms with Crippen LogP contribution in [0.5, 0.6) is 0 Å². The summed E-state index contributed by atoms with van der Waals surface area (Å²) in [5.74, 6) is 1.37. The molecule has 0 aromatic carbocycles. The van der Waals surface area contributed by atoms with Crippen LogP contribution in [0.2, 0.25) is 0 Å². The summed E-state index contributed by atoms with van der Waals surface area (Å²) in [7, 11) is 3.49. The van der Waals surface area contributed by atoms with E-state index in [1.165, 1.54) is 6.20 Å². The van der Waals surface area contributed by atoms with Crippen LogP contribution in [0.4, 0.5) is 17.5 Å². The van der Waals surface area contributed by atoms with Crippen molar-refractivity contribution in [2.45, 2.75) is 26.3 Å². The Morgan fingerprint density at radius 2 is 1.93 bits per heavy atom. The van der Waals surface area contributed by atoms with E-state index in [2.05, 4.69) is 31.0 Å². The number of nitrogens with one attached hydrogen (secondary N) is 3. The molecule has 1 saturated heterocycles. The molecule has 1 aliphatic heterocycles. The number of likely N-dealkylation sites (N-methyl/N-ethyl adjacent to an activating group) is 1. The van der Waals surface area contributed by atoms with E-state index >= 15 is 0 Å². The van der Waals surface area contributed by atoms with Crippen molar-refractivity contribution >= 4 is 34.9 Å². The number of hydrogen-bond donors (Lipinski definition) is 3. The van der Waals surface area contributed by atoms with Crippen LogP contribution in [0.25, 0.3) is 5.65 Å². The molecule has 30 heavy (non-hydrogen) atoms. The molecule has 0 unspecified atom stereocenters. The zero-order valence-electron chi connectivity index (χ0n) is 17.4. The number of carbonyl (C=O) groups is 2. The summed E-state index contributed by atoms with van der Waals surface area (Å²) >= 11 is 0. The first-order valence-electron chi connectivity index (χ1n) is 9.70. The Morgan fingerprint density at radius 3 is 2.60 bits per heavy atom. The molecule has 10 heteroatoms. The molecule has 0 aliphatic carbocycles. The van der Waals surface area contributed by atoms with Gasteiger partial charge in [-0.1, -0.05) is 0 Å². The number of aryl methyl sites for hydroxylation is 2. The predicted octanol–water partition coefficient (Wildman–Crippen LogP) is 1.49. The summed E-state index contributed by atoms with van der Waals surface area (Å²) in [5, 5.41) is 13.3. The van der Waals surface area contributed by atoms with Crippen molar-refractivity contribution in [1.29, 1.82) is 0 Å². The van der Waals surface area contributed by atoms with E-state index in [0.717, 1.165) is 11.3 Å². The van der Waals surface area contributed by atoms with Gasteiger partial charge < -0.3 is 20.9 Å². The minimum absolute atomic E-state index is 0.0908. The summed E-state index contributed by atoms with van der Waals surface area (Å²) < 4.78 is 1.55. The summed E-state index contributed by atoms with van der Waals surface area (Å²) in [5.41, 5.74) is 2.65. The van der Waals surface area contributed by atoms with Crippen LogP contribution in [-0.2, 0) is 4.79 Å². The third-order valence-electron chi connectivity index (χ3n) is 5.06. The second-order valence-corrected chi connectivity index (χ2v) is 7.44. The molecule has 0 bridgehead atoms. The number of likely N-dealkylation sites (tertiary alicyclic amines) is 1. The lowest BCUT2D eigenvalue weighted by molar-refractivity contribution is -0.128. The van der Waals surface area contributed by atoms with E-state index in [9.17, 15) is 9.59 Å². The molecular formula is C20H24N8O2. The van der Waals surface area contributed by atoms with Crippen molar-refractivity contribution in [1.82, 2.24) is 29.8 Å². The van der Waals surface area contributed by atoms with Crippen LogP contribution in [0.15, 0.2) is 24.4 Å². The Hall–Kier alpha value is -3.69. The highest BCUT2D eigenvalue weighted by Gasteiger charge is 2.31. The monoisotopic (exact) mass is 408 g/mol. The van der Waals surface area contributed by atoms with Gasteiger partial charge in [-0.05, 0) is 38.0 Å². The number of aromatic nitrogens is 4. The van der Waals surface area contributed by atoms with E-state index in [-0.39, 0.29) is 11.8 Å². The highest BCUT2D eigenvalue weighted by Crippen LogP contribution is 2.22. The zero-order valence-corrected chi connectivity index (χ0v) is 17.4. The minimum Gasteiger partial charge on any atom is -0.373 e. The number of amides is 2. The molecule has 1 atom stereocenters. The Kier molecular flexibility index (Phi) is 4.98. The maximum Gasteiger partial charge on any atom is 0.257 e. The van der Waals surface area contributed by atoms with Crippen LogP contribution in [0.1, 0.15) is 28.0 Å². The number of carbonyl (C=O) groups excluding carboxylic acids is 2. The van der Waals surface area contributed by atoms with Gasteiger partial charge in [-0.25, -0.2) is 9.97 Å². The third-order valence-corrected chi connectivity index (χ3v) is 5.06. The molecule has 2 amide bonds. The minimum atomic E-state index is -0.526. The Labute approximate surface area is 173 Å². The lowest BCUT2D eigenvalue weighted by Crippen LogP contribution is -2.40. The first-order chi connectivity index (χ1) is 14.4. The molecule has 10 nitrogen and oxygen atoms in total. The van der Waals surface area contributed by atoms with Crippen molar-refractivity contribution < 1.29 is 9.59 Å². The summed E-state index contributed by atoms with van der Waals surface area (Å²) in [6.07, 6.45) is 2.04. The molecule has 4 rings (SSSR count). The van der Waals surface area contributed by atoms with Crippen molar-refractivity contribution in [2.24, 2.45) is 0 Å². The molecule has 3 aromatic heterocycles. The van der Waals surface area contributed by atoms with Crippen molar-refractivity contribution in [3.8, 4) is 0 Å². The molecule has 3 N–H and O–H groups in total. The lowest BCUT2D eigenvalue weighted by Gasteiger charge is -2.12. The van der Waals surface area contributed by atoms with Gasteiger partial charge in [0.05, 0.1) is 6.20 Å². The smallest absolute Gasteiger partial charge is 0.257 e. The normalized spacial score (nSPS) is 16.2. The quantitative estimate of drug-likeness (QED) is 0.586. The second kappa shape index (κ2) is 7.62. The maximum atomic E-state index is 12.9. The molecular weight excluding hydrogens is 384 g/mol. The van der Waals surface area contributed by atoms with E-state index in [0.29, 0.717) is 41.6 Å².